The number of carbonyl (C=O) groups is 1. The molecule has 158 valence electrons. The molecule has 0 spiro atoms. The fourth-order valence-corrected chi connectivity index (χ4v) is 3.88. The predicted molar refractivity (Wildman–Crippen MR) is 107 cm³/mol. The van der Waals surface area contributed by atoms with Gasteiger partial charge in [0.25, 0.3) is 5.91 Å². The summed E-state index contributed by atoms with van der Waals surface area (Å²) >= 11 is 0. The Morgan fingerprint density at radius 3 is 2.74 bits per heavy atom. The molecule has 0 saturated heterocycles. The van der Waals surface area contributed by atoms with E-state index in [1.54, 1.807) is 12.4 Å². The van der Waals surface area contributed by atoms with Crippen molar-refractivity contribution in [1.29, 1.82) is 0 Å². The number of nitrogens with zero attached hydrogens (tertiary/aromatic N) is 4. The van der Waals surface area contributed by atoms with E-state index >= 15 is 0 Å². The number of carbonyl (C=O) groups excluding carboxylic acids is 1. The lowest BCUT2D eigenvalue weighted by molar-refractivity contribution is -0.136. The third kappa shape index (κ3) is 3.54. The zero-order valence-corrected chi connectivity index (χ0v) is 16.3. The average Bonchev–Trinajstić information content (AvgIpc) is 3.19. The molecule has 2 heterocycles. The van der Waals surface area contributed by atoms with Crippen molar-refractivity contribution >= 4 is 22.6 Å². The summed E-state index contributed by atoms with van der Waals surface area (Å²) in [7, 11) is 1.90. The number of benzene rings is 2. The molecule has 31 heavy (non-hydrogen) atoms. The van der Waals surface area contributed by atoms with E-state index in [9.17, 15) is 18.0 Å². The highest BCUT2D eigenvalue weighted by Gasteiger charge is 2.42. The molecule has 2 N–H and O–H groups in total. The van der Waals surface area contributed by atoms with Crippen LogP contribution in [0.2, 0.25) is 0 Å². The van der Waals surface area contributed by atoms with Gasteiger partial charge in [0.1, 0.15) is 17.7 Å². The molecule has 0 unspecified atom stereocenters. The number of hydrogen-bond donors (Lipinski definition) is 2. The SMILES string of the molecule is Cn1cnnc1[C@@H]1C[C@@H]1c1cccc(NC(=O)c2nc3c(C(F)(F)F)cccc3[nH]2)c1. The van der Waals surface area contributed by atoms with Crippen molar-refractivity contribution in [3.8, 4) is 0 Å². The number of nitrogens with one attached hydrogen (secondary N) is 2. The smallest absolute Gasteiger partial charge is 0.334 e. The van der Waals surface area contributed by atoms with Gasteiger partial charge in [-0.3, -0.25) is 4.79 Å². The molecule has 4 aromatic rings. The number of fused-ring (bicyclic) bond motifs is 1. The third-order valence-corrected chi connectivity index (χ3v) is 5.47. The number of aromatic nitrogens is 5. The lowest BCUT2D eigenvalue weighted by atomic mass is 10.1. The second-order valence-electron chi connectivity index (χ2n) is 7.61. The number of rotatable bonds is 4. The zero-order chi connectivity index (χ0) is 21.8. The maximum Gasteiger partial charge on any atom is 0.418 e. The standard InChI is InChI=1S/C21H17F3N6O/c1-30-10-25-29-19(30)14-9-13(14)11-4-2-5-12(8-11)26-20(31)18-27-16-7-3-6-15(17(16)28-18)21(22,23)24/h2-8,10,13-14H,9H2,1H3,(H,26,31)(H,27,28)/t13-,14-/m1/s1. The number of hydrogen-bond acceptors (Lipinski definition) is 4. The summed E-state index contributed by atoms with van der Waals surface area (Å²) in [5, 5.41) is 10.8. The summed E-state index contributed by atoms with van der Waals surface area (Å²) < 4.78 is 41.5. The molecule has 2 aromatic heterocycles. The minimum absolute atomic E-state index is 0.151. The zero-order valence-electron chi connectivity index (χ0n) is 16.3. The van der Waals surface area contributed by atoms with Crippen LogP contribution in [0.4, 0.5) is 18.9 Å². The summed E-state index contributed by atoms with van der Waals surface area (Å²) in [6.45, 7) is 0. The number of halogens is 3. The Balaban J connectivity index is 1.36. The van der Waals surface area contributed by atoms with Gasteiger partial charge in [0, 0.05) is 18.7 Å². The van der Waals surface area contributed by atoms with Crippen molar-refractivity contribution in [2.75, 3.05) is 5.32 Å². The molecular weight excluding hydrogens is 409 g/mol. The van der Waals surface area contributed by atoms with Crippen LogP contribution < -0.4 is 5.32 Å². The first kappa shape index (κ1) is 19.3. The van der Waals surface area contributed by atoms with Gasteiger partial charge in [0.2, 0.25) is 0 Å². The summed E-state index contributed by atoms with van der Waals surface area (Å²) in [6, 6.07) is 11.1. The Morgan fingerprint density at radius 1 is 1.19 bits per heavy atom. The van der Waals surface area contributed by atoms with Gasteiger partial charge in [-0.2, -0.15) is 13.2 Å². The third-order valence-electron chi connectivity index (χ3n) is 5.47. The summed E-state index contributed by atoms with van der Waals surface area (Å²) in [5.74, 6) is 0.680. The minimum Gasteiger partial charge on any atom is -0.334 e. The Bertz CT molecular complexity index is 1290. The Labute approximate surface area is 174 Å². The van der Waals surface area contributed by atoms with E-state index in [1.807, 2.05) is 29.8 Å². The van der Waals surface area contributed by atoms with E-state index in [0.717, 1.165) is 23.9 Å². The molecule has 0 aliphatic heterocycles. The van der Waals surface area contributed by atoms with Crippen LogP contribution >= 0.6 is 0 Å². The molecule has 1 amide bonds. The average molecular weight is 426 g/mol. The number of para-hydroxylation sites is 1. The van der Waals surface area contributed by atoms with Crippen molar-refractivity contribution in [3.05, 3.63) is 71.6 Å². The van der Waals surface area contributed by atoms with Crippen molar-refractivity contribution in [2.45, 2.75) is 24.4 Å². The van der Waals surface area contributed by atoms with Gasteiger partial charge in [-0.15, -0.1) is 10.2 Å². The molecule has 1 fully saturated rings. The number of aromatic amines is 1. The molecule has 2 atom stereocenters. The van der Waals surface area contributed by atoms with Crippen LogP contribution in [0.5, 0.6) is 0 Å². The van der Waals surface area contributed by atoms with Crippen LogP contribution in [0.1, 0.15) is 45.8 Å². The number of H-pyrrole nitrogens is 1. The maximum absolute atomic E-state index is 13.2. The van der Waals surface area contributed by atoms with Crippen LogP contribution in [0.15, 0.2) is 48.8 Å². The minimum atomic E-state index is -4.56. The fraction of sp³-hybridized carbons (Fsp3) is 0.238. The summed E-state index contributed by atoms with van der Waals surface area (Å²) in [5.41, 5.74) is 0.583. The first-order valence-corrected chi connectivity index (χ1v) is 9.62. The molecule has 1 aliphatic carbocycles. The number of alkyl halides is 3. The largest absolute Gasteiger partial charge is 0.418 e. The first-order valence-electron chi connectivity index (χ1n) is 9.62. The van der Waals surface area contributed by atoms with Crippen molar-refractivity contribution in [3.63, 3.8) is 0 Å². The molecule has 5 rings (SSSR count). The van der Waals surface area contributed by atoms with Crippen LogP contribution in [-0.4, -0.2) is 30.6 Å². The highest BCUT2D eigenvalue weighted by Crippen LogP contribution is 2.54. The molecule has 2 aromatic carbocycles. The molecule has 1 aliphatic rings. The van der Waals surface area contributed by atoms with Gasteiger partial charge < -0.3 is 14.9 Å². The summed E-state index contributed by atoms with van der Waals surface area (Å²) in [4.78, 5) is 19.2. The fourth-order valence-electron chi connectivity index (χ4n) is 3.88. The van der Waals surface area contributed by atoms with E-state index in [2.05, 4.69) is 25.5 Å². The van der Waals surface area contributed by atoms with Crippen molar-refractivity contribution in [2.24, 2.45) is 7.05 Å². The van der Waals surface area contributed by atoms with Crippen LogP contribution in [0.25, 0.3) is 11.0 Å². The first-order chi connectivity index (χ1) is 14.8. The topological polar surface area (TPSA) is 88.5 Å². The van der Waals surface area contributed by atoms with E-state index in [4.69, 9.17) is 0 Å². The molecular formula is C21H17F3N6O. The number of anilines is 1. The van der Waals surface area contributed by atoms with Gasteiger partial charge in [0.05, 0.1) is 11.1 Å². The normalized spacial score (nSPS) is 18.3. The lowest BCUT2D eigenvalue weighted by Gasteiger charge is -2.06. The van der Waals surface area contributed by atoms with Gasteiger partial charge in [-0.25, -0.2) is 4.98 Å². The van der Waals surface area contributed by atoms with Crippen molar-refractivity contribution < 1.29 is 18.0 Å². The van der Waals surface area contributed by atoms with Crippen LogP contribution in [0.3, 0.4) is 0 Å². The predicted octanol–water partition coefficient (Wildman–Crippen LogP) is 4.23. The molecule has 0 radical (unpaired) electrons. The van der Waals surface area contributed by atoms with Gasteiger partial charge in [-0.1, -0.05) is 18.2 Å². The molecule has 10 heteroatoms. The number of aryl methyl sites for hydroxylation is 1. The highest BCUT2D eigenvalue weighted by molar-refractivity contribution is 6.03. The lowest BCUT2D eigenvalue weighted by Crippen LogP contribution is -2.14. The van der Waals surface area contributed by atoms with E-state index < -0.39 is 17.6 Å². The Hall–Kier alpha value is -3.69. The number of imidazole rings is 1. The maximum atomic E-state index is 13.2. The van der Waals surface area contributed by atoms with Gasteiger partial charge in [-0.05, 0) is 42.2 Å². The number of amides is 1. The molecule has 7 nitrogen and oxygen atoms in total. The van der Waals surface area contributed by atoms with Gasteiger partial charge in [0.15, 0.2) is 5.82 Å². The monoisotopic (exact) mass is 426 g/mol. The highest BCUT2D eigenvalue weighted by atomic mass is 19.4. The Morgan fingerprint density at radius 2 is 2.00 bits per heavy atom. The van der Waals surface area contributed by atoms with E-state index in [1.165, 1.54) is 12.1 Å². The van der Waals surface area contributed by atoms with E-state index in [-0.39, 0.29) is 28.7 Å². The summed E-state index contributed by atoms with van der Waals surface area (Å²) in [6.07, 6.45) is -1.95. The Kier molecular flexibility index (Phi) is 4.31. The van der Waals surface area contributed by atoms with Crippen LogP contribution in [0, 0.1) is 0 Å². The second kappa shape index (κ2) is 6.93. The second-order valence-corrected chi connectivity index (χ2v) is 7.61. The van der Waals surface area contributed by atoms with Crippen molar-refractivity contribution in [1.82, 2.24) is 24.7 Å². The van der Waals surface area contributed by atoms with Gasteiger partial charge >= 0.3 is 6.18 Å². The molecule has 1 saturated carbocycles. The molecule has 0 bridgehead atoms. The van der Waals surface area contributed by atoms with Crippen LogP contribution in [-0.2, 0) is 13.2 Å². The van der Waals surface area contributed by atoms with E-state index in [0.29, 0.717) is 5.69 Å². The quantitative estimate of drug-likeness (QED) is 0.511.